The Kier molecular flexibility index (Phi) is 5.27. The summed E-state index contributed by atoms with van der Waals surface area (Å²) in [5, 5.41) is 0. The third-order valence-electron chi connectivity index (χ3n) is 2.60. The van der Waals surface area contributed by atoms with Crippen LogP contribution in [0.5, 0.6) is 0 Å². The molecule has 17 heavy (non-hydrogen) atoms. The molecule has 0 fully saturated rings. The minimum Gasteiger partial charge on any atom is -0.504 e. The SMILES string of the molecule is CCN(CC)C(=O)c1ccc(/C=C/OC)cc1. The summed E-state index contributed by atoms with van der Waals surface area (Å²) in [6.45, 7) is 5.44. The second-order valence-electron chi connectivity index (χ2n) is 3.64. The highest BCUT2D eigenvalue weighted by atomic mass is 16.5. The minimum absolute atomic E-state index is 0.0808. The van der Waals surface area contributed by atoms with E-state index in [0.29, 0.717) is 0 Å². The molecule has 0 bridgehead atoms. The molecule has 1 aromatic rings. The van der Waals surface area contributed by atoms with Crippen LogP contribution in [-0.2, 0) is 4.74 Å². The van der Waals surface area contributed by atoms with E-state index in [1.165, 1.54) is 0 Å². The Labute approximate surface area is 103 Å². The highest BCUT2D eigenvalue weighted by Gasteiger charge is 2.11. The number of amides is 1. The summed E-state index contributed by atoms with van der Waals surface area (Å²) in [7, 11) is 1.61. The number of hydrogen-bond acceptors (Lipinski definition) is 2. The average Bonchev–Trinajstić information content (AvgIpc) is 2.38. The van der Waals surface area contributed by atoms with Gasteiger partial charge in [0.15, 0.2) is 0 Å². The van der Waals surface area contributed by atoms with Crippen molar-refractivity contribution in [2.75, 3.05) is 20.2 Å². The molecule has 0 aliphatic carbocycles. The van der Waals surface area contributed by atoms with Crippen LogP contribution in [0.1, 0.15) is 29.8 Å². The normalized spacial score (nSPS) is 10.5. The van der Waals surface area contributed by atoms with Crippen LogP contribution in [0.2, 0.25) is 0 Å². The van der Waals surface area contributed by atoms with Crippen LogP contribution >= 0.6 is 0 Å². The zero-order valence-electron chi connectivity index (χ0n) is 10.6. The molecule has 0 aliphatic heterocycles. The van der Waals surface area contributed by atoms with E-state index in [9.17, 15) is 4.79 Å². The molecule has 0 spiro atoms. The van der Waals surface area contributed by atoms with E-state index in [0.717, 1.165) is 24.2 Å². The number of methoxy groups -OCH3 is 1. The molecule has 0 radical (unpaired) electrons. The van der Waals surface area contributed by atoms with Gasteiger partial charge < -0.3 is 9.64 Å². The molecule has 3 heteroatoms. The van der Waals surface area contributed by atoms with Gasteiger partial charge in [0.05, 0.1) is 13.4 Å². The molecule has 3 nitrogen and oxygen atoms in total. The van der Waals surface area contributed by atoms with Crippen LogP contribution in [0, 0.1) is 0 Å². The van der Waals surface area contributed by atoms with Crippen LogP contribution < -0.4 is 0 Å². The number of ether oxygens (including phenoxy) is 1. The van der Waals surface area contributed by atoms with Gasteiger partial charge in [0.2, 0.25) is 0 Å². The van der Waals surface area contributed by atoms with Crippen molar-refractivity contribution in [2.24, 2.45) is 0 Å². The molecule has 0 saturated carbocycles. The first-order chi connectivity index (χ1) is 8.22. The van der Waals surface area contributed by atoms with Gasteiger partial charge in [-0.2, -0.15) is 0 Å². The Hall–Kier alpha value is -1.77. The molecule has 0 heterocycles. The third-order valence-corrected chi connectivity index (χ3v) is 2.60. The van der Waals surface area contributed by atoms with Gasteiger partial charge >= 0.3 is 0 Å². The highest BCUT2D eigenvalue weighted by molar-refractivity contribution is 5.94. The number of carbonyl (C=O) groups excluding carboxylic acids is 1. The van der Waals surface area contributed by atoms with E-state index in [-0.39, 0.29) is 5.91 Å². The summed E-state index contributed by atoms with van der Waals surface area (Å²) >= 11 is 0. The van der Waals surface area contributed by atoms with E-state index >= 15 is 0 Å². The van der Waals surface area contributed by atoms with E-state index in [2.05, 4.69) is 0 Å². The lowest BCUT2D eigenvalue weighted by atomic mass is 10.1. The summed E-state index contributed by atoms with van der Waals surface area (Å²) in [4.78, 5) is 13.8. The molecule has 0 aliphatic rings. The zero-order chi connectivity index (χ0) is 12.7. The van der Waals surface area contributed by atoms with Crippen molar-refractivity contribution in [1.29, 1.82) is 0 Å². The lowest BCUT2D eigenvalue weighted by molar-refractivity contribution is 0.0773. The van der Waals surface area contributed by atoms with Crippen LogP contribution in [0.15, 0.2) is 30.5 Å². The molecule has 1 aromatic carbocycles. The predicted octanol–water partition coefficient (Wildman–Crippen LogP) is 2.79. The smallest absolute Gasteiger partial charge is 0.253 e. The molecule has 1 amide bonds. The van der Waals surface area contributed by atoms with Crippen molar-refractivity contribution in [1.82, 2.24) is 4.90 Å². The van der Waals surface area contributed by atoms with Crippen molar-refractivity contribution in [3.8, 4) is 0 Å². The van der Waals surface area contributed by atoms with Gasteiger partial charge in [0.25, 0.3) is 5.91 Å². The fraction of sp³-hybridized carbons (Fsp3) is 0.357. The zero-order valence-corrected chi connectivity index (χ0v) is 10.6. The summed E-state index contributed by atoms with van der Waals surface area (Å²) in [6, 6.07) is 7.50. The van der Waals surface area contributed by atoms with Gasteiger partial charge in [-0.05, 0) is 37.6 Å². The van der Waals surface area contributed by atoms with Crippen LogP contribution in [0.25, 0.3) is 6.08 Å². The molecule has 92 valence electrons. The first kappa shape index (κ1) is 13.3. The van der Waals surface area contributed by atoms with Gasteiger partial charge in [0.1, 0.15) is 0 Å². The number of rotatable bonds is 5. The highest BCUT2D eigenvalue weighted by Crippen LogP contribution is 2.09. The third kappa shape index (κ3) is 3.63. The van der Waals surface area contributed by atoms with Gasteiger partial charge in [0, 0.05) is 18.7 Å². The molecule has 0 atom stereocenters. The number of nitrogens with zero attached hydrogens (tertiary/aromatic N) is 1. The first-order valence-electron chi connectivity index (χ1n) is 5.81. The molecule has 1 rings (SSSR count). The fourth-order valence-electron chi connectivity index (χ4n) is 1.58. The second-order valence-corrected chi connectivity index (χ2v) is 3.64. The first-order valence-corrected chi connectivity index (χ1v) is 5.81. The summed E-state index contributed by atoms with van der Waals surface area (Å²) in [5.74, 6) is 0.0808. The van der Waals surface area contributed by atoms with Crippen LogP contribution in [0.3, 0.4) is 0 Å². The van der Waals surface area contributed by atoms with Crippen molar-refractivity contribution in [3.05, 3.63) is 41.7 Å². The summed E-state index contributed by atoms with van der Waals surface area (Å²) in [6.07, 6.45) is 3.47. The van der Waals surface area contributed by atoms with E-state index in [1.807, 2.05) is 44.2 Å². The number of hydrogen-bond donors (Lipinski definition) is 0. The van der Waals surface area contributed by atoms with Gasteiger partial charge in [-0.1, -0.05) is 12.1 Å². The maximum atomic E-state index is 12.0. The topological polar surface area (TPSA) is 29.5 Å². The van der Waals surface area contributed by atoms with E-state index in [4.69, 9.17) is 4.74 Å². The monoisotopic (exact) mass is 233 g/mol. The lowest BCUT2D eigenvalue weighted by Gasteiger charge is -2.18. The standard InChI is InChI=1S/C14H19NO2/c1-4-15(5-2)14(16)13-8-6-12(7-9-13)10-11-17-3/h6-11H,4-5H2,1-3H3/b11-10+. The quantitative estimate of drug-likeness (QED) is 0.732. The number of benzene rings is 1. The Morgan fingerprint density at radius 1 is 1.24 bits per heavy atom. The van der Waals surface area contributed by atoms with E-state index < -0.39 is 0 Å². The maximum absolute atomic E-state index is 12.0. The van der Waals surface area contributed by atoms with Crippen molar-refractivity contribution < 1.29 is 9.53 Å². The lowest BCUT2D eigenvalue weighted by Crippen LogP contribution is -2.30. The summed E-state index contributed by atoms with van der Waals surface area (Å²) < 4.78 is 4.84. The molecule has 0 N–H and O–H groups in total. The van der Waals surface area contributed by atoms with Crippen LogP contribution in [0.4, 0.5) is 0 Å². The Morgan fingerprint density at radius 2 is 1.82 bits per heavy atom. The second kappa shape index (κ2) is 6.74. The van der Waals surface area contributed by atoms with Gasteiger partial charge in [-0.25, -0.2) is 0 Å². The van der Waals surface area contributed by atoms with Crippen molar-refractivity contribution in [3.63, 3.8) is 0 Å². The number of carbonyl (C=O) groups is 1. The van der Waals surface area contributed by atoms with Gasteiger partial charge in [-0.15, -0.1) is 0 Å². The molecular formula is C14H19NO2. The van der Waals surface area contributed by atoms with Crippen molar-refractivity contribution in [2.45, 2.75) is 13.8 Å². The molecule has 0 aromatic heterocycles. The molecule has 0 unspecified atom stereocenters. The fourth-order valence-corrected chi connectivity index (χ4v) is 1.58. The van der Waals surface area contributed by atoms with Gasteiger partial charge in [-0.3, -0.25) is 4.79 Å². The predicted molar refractivity (Wildman–Crippen MR) is 69.7 cm³/mol. The molecule has 0 saturated heterocycles. The molecular weight excluding hydrogens is 214 g/mol. The minimum atomic E-state index is 0.0808. The maximum Gasteiger partial charge on any atom is 0.253 e. The Balaban J connectivity index is 2.80. The Morgan fingerprint density at radius 3 is 2.29 bits per heavy atom. The average molecular weight is 233 g/mol. The Bertz CT molecular complexity index is 378. The van der Waals surface area contributed by atoms with Crippen LogP contribution in [-0.4, -0.2) is 31.0 Å². The summed E-state index contributed by atoms with van der Waals surface area (Å²) in [5.41, 5.74) is 1.74. The van der Waals surface area contributed by atoms with Crippen molar-refractivity contribution >= 4 is 12.0 Å². The largest absolute Gasteiger partial charge is 0.504 e. The van der Waals surface area contributed by atoms with E-state index in [1.54, 1.807) is 18.3 Å².